The number of amides is 2. The Kier molecular flexibility index (Phi) is 6.15. The molecule has 2 aromatic heterocycles. The van der Waals surface area contributed by atoms with Crippen LogP contribution in [0, 0.1) is 0 Å². The number of aromatic nitrogens is 2. The van der Waals surface area contributed by atoms with Crippen molar-refractivity contribution in [2.45, 2.75) is 31.6 Å². The highest BCUT2D eigenvalue weighted by molar-refractivity contribution is 7.16. The third kappa shape index (κ3) is 4.65. The molecule has 8 heteroatoms. The molecule has 0 spiro atoms. The van der Waals surface area contributed by atoms with E-state index in [0.29, 0.717) is 22.3 Å². The van der Waals surface area contributed by atoms with Crippen molar-refractivity contribution >= 4 is 50.8 Å². The summed E-state index contributed by atoms with van der Waals surface area (Å²) in [4.78, 5) is 34.5. The Morgan fingerprint density at radius 1 is 1.15 bits per heavy atom. The topological polar surface area (TPSA) is 86.9 Å². The number of hydrogen-bond acceptors (Lipinski definition) is 4. The molecule has 1 atom stereocenters. The van der Waals surface area contributed by atoms with Gasteiger partial charge in [-0.25, -0.2) is 4.98 Å². The smallest absolute Gasteiger partial charge is 0.257 e. The molecule has 3 N–H and O–H groups in total. The van der Waals surface area contributed by atoms with Crippen LogP contribution < -0.4 is 10.6 Å². The van der Waals surface area contributed by atoms with Crippen molar-refractivity contribution in [2.24, 2.45) is 0 Å². The molecular formula is C25H23ClN4O2S. The highest BCUT2D eigenvalue weighted by Crippen LogP contribution is 2.37. The standard InChI is InChI=1S/C25H23ClN4O2S/c26-17-10-8-15(9-11-17)23(31)30-25-29-22-19(5-3-7-21(22)33-25)24(32)27-13-12-16-14-28-20-6-2-1-4-18(16)20/h1-2,4,6,8-11,14,19,28H,3,5,7,12-13H2,(H,27,32)(H,29,30,31)/t19-/m0/s1. The molecule has 0 unspecified atom stereocenters. The number of aryl methyl sites for hydroxylation is 1. The van der Waals surface area contributed by atoms with Gasteiger partial charge in [0.1, 0.15) is 0 Å². The molecule has 2 aromatic carbocycles. The van der Waals surface area contributed by atoms with Crippen molar-refractivity contribution in [2.75, 3.05) is 11.9 Å². The van der Waals surface area contributed by atoms with Gasteiger partial charge in [0.05, 0.1) is 11.6 Å². The van der Waals surface area contributed by atoms with Gasteiger partial charge in [-0.15, -0.1) is 11.3 Å². The number of halogens is 1. The molecule has 1 aliphatic carbocycles. The van der Waals surface area contributed by atoms with Crippen LogP contribution in [0.5, 0.6) is 0 Å². The van der Waals surface area contributed by atoms with Crippen molar-refractivity contribution in [3.8, 4) is 0 Å². The molecule has 1 aliphatic rings. The van der Waals surface area contributed by atoms with Gasteiger partial charge in [0, 0.05) is 39.1 Å². The lowest BCUT2D eigenvalue weighted by Crippen LogP contribution is -2.32. The van der Waals surface area contributed by atoms with Crippen LogP contribution in [0.15, 0.2) is 54.7 Å². The summed E-state index contributed by atoms with van der Waals surface area (Å²) in [7, 11) is 0. The van der Waals surface area contributed by atoms with Crippen LogP contribution in [0.3, 0.4) is 0 Å². The van der Waals surface area contributed by atoms with Gasteiger partial charge in [-0.05, 0) is 61.6 Å². The first-order chi connectivity index (χ1) is 16.1. The highest BCUT2D eigenvalue weighted by atomic mass is 35.5. The number of hydrogen-bond donors (Lipinski definition) is 3. The van der Waals surface area contributed by atoms with Gasteiger partial charge >= 0.3 is 0 Å². The summed E-state index contributed by atoms with van der Waals surface area (Å²) in [5, 5.41) is 8.24. The van der Waals surface area contributed by atoms with Crippen LogP contribution in [-0.2, 0) is 17.6 Å². The number of rotatable bonds is 6. The molecule has 0 aliphatic heterocycles. The first kappa shape index (κ1) is 21.7. The van der Waals surface area contributed by atoms with Crippen molar-refractivity contribution in [1.82, 2.24) is 15.3 Å². The molecule has 0 bridgehead atoms. The first-order valence-corrected chi connectivity index (χ1v) is 12.2. The number of anilines is 1. The lowest BCUT2D eigenvalue weighted by Gasteiger charge is -2.20. The fourth-order valence-electron chi connectivity index (χ4n) is 4.28. The number of benzene rings is 2. The molecule has 6 nitrogen and oxygen atoms in total. The molecule has 0 fully saturated rings. The van der Waals surface area contributed by atoms with E-state index in [1.165, 1.54) is 22.3 Å². The van der Waals surface area contributed by atoms with Crippen LogP contribution in [0.2, 0.25) is 5.02 Å². The van der Waals surface area contributed by atoms with Gasteiger partial charge in [0.2, 0.25) is 5.91 Å². The summed E-state index contributed by atoms with van der Waals surface area (Å²) in [5.41, 5.74) is 3.60. The zero-order valence-electron chi connectivity index (χ0n) is 17.9. The number of aromatic amines is 1. The monoisotopic (exact) mass is 478 g/mol. The summed E-state index contributed by atoms with van der Waals surface area (Å²) in [6.07, 6.45) is 5.34. The average Bonchev–Trinajstić information content (AvgIpc) is 3.43. The molecule has 5 rings (SSSR count). The van der Waals surface area contributed by atoms with Crippen LogP contribution in [0.25, 0.3) is 10.9 Å². The van der Waals surface area contributed by atoms with Crippen LogP contribution in [-0.4, -0.2) is 28.3 Å². The maximum atomic E-state index is 13.0. The number of carbonyl (C=O) groups excluding carboxylic acids is 2. The minimum absolute atomic E-state index is 0.00308. The van der Waals surface area contributed by atoms with Crippen LogP contribution in [0.4, 0.5) is 5.13 Å². The molecule has 0 radical (unpaired) electrons. The molecule has 33 heavy (non-hydrogen) atoms. The van der Waals surface area contributed by atoms with E-state index >= 15 is 0 Å². The quantitative estimate of drug-likeness (QED) is 0.351. The molecule has 168 valence electrons. The van der Waals surface area contributed by atoms with E-state index in [4.69, 9.17) is 11.6 Å². The van der Waals surface area contributed by atoms with Gasteiger partial charge in [0.25, 0.3) is 5.91 Å². The summed E-state index contributed by atoms with van der Waals surface area (Å²) >= 11 is 7.35. The minimum atomic E-state index is -0.283. The predicted molar refractivity (Wildman–Crippen MR) is 132 cm³/mol. The second-order valence-electron chi connectivity index (χ2n) is 8.13. The summed E-state index contributed by atoms with van der Waals surface area (Å²) in [5.74, 6) is -0.525. The SMILES string of the molecule is O=C(Nc1nc2c(s1)CCC[C@@H]2C(=O)NCCc1c[nH]c2ccccc12)c1ccc(Cl)cc1. The number of carbonyl (C=O) groups is 2. The third-order valence-corrected chi connectivity index (χ3v) is 7.26. The second-order valence-corrected chi connectivity index (χ2v) is 9.65. The Morgan fingerprint density at radius 3 is 2.82 bits per heavy atom. The van der Waals surface area contributed by atoms with Gasteiger partial charge in [-0.3, -0.25) is 14.9 Å². The Morgan fingerprint density at radius 2 is 1.97 bits per heavy atom. The predicted octanol–water partition coefficient (Wildman–Crippen LogP) is 5.31. The third-order valence-electron chi connectivity index (χ3n) is 5.97. The Bertz CT molecular complexity index is 1310. The zero-order valence-corrected chi connectivity index (χ0v) is 19.4. The molecule has 0 saturated heterocycles. The Labute approximate surface area is 200 Å². The number of para-hydroxylation sites is 1. The fourth-order valence-corrected chi connectivity index (χ4v) is 5.47. The van der Waals surface area contributed by atoms with E-state index in [2.05, 4.69) is 26.7 Å². The van der Waals surface area contributed by atoms with E-state index in [1.54, 1.807) is 24.3 Å². The van der Waals surface area contributed by atoms with Crippen molar-refractivity contribution in [3.63, 3.8) is 0 Å². The normalized spacial score (nSPS) is 15.2. The second kappa shape index (κ2) is 9.37. The number of fused-ring (bicyclic) bond motifs is 2. The van der Waals surface area contributed by atoms with Gasteiger partial charge in [0.15, 0.2) is 5.13 Å². The Hall–Kier alpha value is -3.16. The number of nitrogens with one attached hydrogen (secondary N) is 3. The molecule has 2 amide bonds. The van der Waals surface area contributed by atoms with Crippen molar-refractivity contribution in [3.05, 3.63) is 81.4 Å². The van der Waals surface area contributed by atoms with E-state index in [9.17, 15) is 9.59 Å². The maximum absolute atomic E-state index is 13.0. The van der Waals surface area contributed by atoms with E-state index in [-0.39, 0.29) is 17.7 Å². The first-order valence-electron chi connectivity index (χ1n) is 11.0. The number of nitrogens with zero attached hydrogens (tertiary/aromatic N) is 1. The summed E-state index contributed by atoms with van der Waals surface area (Å²) < 4.78 is 0. The molecule has 4 aromatic rings. The van der Waals surface area contributed by atoms with Crippen LogP contribution in [0.1, 0.15) is 45.3 Å². The van der Waals surface area contributed by atoms with Crippen molar-refractivity contribution < 1.29 is 9.59 Å². The lowest BCUT2D eigenvalue weighted by molar-refractivity contribution is -0.122. The maximum Gasteiger partial charge on any atom is 0.257 e. The minimum Gasteiger partial charge on any atom is -0.361 e. The summed E-state index contributed by atoms with van der Waals surface area (Å²) in [6, 6.07) is 14.9. The van der Waals surface area contributed by atoms with Gasteiger partial charge in [-0.2, -0.15) is 0 Å². The largest absolute Gasteiger partial charge is 0.361 e. The van der Waals surface area contributed by atoms with Gasteiger partial charge in [-0.1, -0.05) is 29.8 Å². The number of H-pyrrole nitrogens is 1. The highest BCUT2D eigenvalue weighted by Gasteiger charge is 2.30. The fraction of sp³-hybridized carbons (Fsp3) is 0.240. The Balaban J connectivity index is 1.23. The van der Waals surface area contributed by atoms with Gasteiger partial charge < -0.3 is 10.3 Å². The van der Waals surface area contributed by atoms with E-state index < -0.39 is 0 Å². The zero-order chi connectivity index (χ0) is 22.8. The molecular weight excluding hydrogens is 456 g/mol. The lowest BCUT2D eigenvalue weighted by atomic mass is 9.90. The van der Waals surface area contributed by atoms with E-state index in [0.717, 1.165) is 41.8 Å². The van der Waals surface area contributed by atoms with Crippen LogP contribution >= 0.6 is 22.9 Å². The summed E-state index contributed by atoms with van der Waals surface area (Å²) in [6.45, 7) is 0.566. The molecule has 2 heterocycles. The average molecular weight is 479 g/mol. The van der Waals surface area contributed by atoms with Crippen molar-refractivity contribution in [1.29, 1.82) is 0 Å². The number of thiazole rings is 1. The molecule has 0 saturated carbocycles. The van der Waals surface area contributed by atoms with E-state index in [1.807, 2.05) is 24.4 Å².